The highest BCUT2D eigenvalue weighted by atomic mass is 127. The summed E-state index contributed by atoms with van der Waals surface area (Å²) in [6.45, 7) is 3.61. The minimum absolute atomic E-state index is 0.0169. The van der Waals surface area contributed by atoms with Crippen molar-refractivity contribution in [3.8, 4) is 11.1 Å². The summed E-state index contributed by atoms with van der Waals surface area (Å²) in [6, 6.07) is 6.37. The molecule has 194 valence electrons. The van der Waals surface area contributed by atoms with E-state index < -0.39 is 44.8 Å². The Labute approximate surface area is 231 Å². The summed E-state index contributed by atoms with van der Waals surface area (Å²) < 4.78 is 19.6. The van der Waals surface area contributed by atoms with Crippen LogP contribution in [0.5, 0.6) is 0 Å². The van der Waals surface area contributed by atoms with Crippen LogP contribution in [0.4, 0.5) is 4.39 Å². The second-order valence-corrected chi connectivity index (χ2v) is 11.0. The van der Waals surface area contributed by atoms with Crippen LogP contribution in [0, 0.1) is 5.41 Å². The van der Waals surface area contributed by atoms with Crippen molar-refractivity contribution in [2.24, 2.45) is 10.7 Å². The summed E-state index contributed by atoms with van der Waals surface area (Å²) in [4.78, 5) is 31.1. The molecule has 2 amide bonds. The van der Waals surface area contributed by atoms with Gasteiger partial charge in [0, 0.05) is 21.5 Å². The van der Waals surface area contributed by atoms with Gasteiger partial charge in [0.25, 0.3) is 5.91 Å². The van der Waals surface area contributed by atoms with Crippen LogP contribution in [0.25, 0.3) is 22.0 Å². The van der Waals surface area contributed by atoms with Gasteiger partial charge in [0.2, 0.25) is 5.91 Å². The Hall–Kier alpha value is -3.65. The van der Waals surface area contributed by atoms with Gasteiger partial charge in [-0.1, -0.05) is 45.0 Å². The topological polar surface area (TPSA) is 143 Å². The molecule has 4 heterocycles. The van der Waals surface area contributed by atoms with E-state index in [0.717, 1.165) is 11.1 Å². The zero-order valence-corrected chi connectivity index (χ0v) is 22.7. The number of benzene rings is 1. The maximum atomic E-state index is 14.6. The number of primary amides is 1. The number of nitrogens with zero attached hydrogens (tertiary/aromatic N) is 6. The highest BCUT2D eigenvalue weighted by Crippen LogP contribution is 2.29. The number of hydrogen-bond acceptors (Lipinski definition) is 7. The summed E-state index contributed by atoms with van der Waals surface area (Å²) >= 11 is 5.52. The minimum Gasteiger partial charge on any atom is -0.364 e. The number of halogens is 3. The molecule has 0 aliphatic carbocycles. The molecule has 0 saturated carbocycles. The smallest absolute Gasteiger partial charge is 0.269 e. The fourth-order valence-corrected chi connectivity index (χ4v) is 6.30. The van der Waals surface area contributed by atoms with Crippen LogP contribution in [0.3, 0.4) is 0 Å². The first-order valence-electron chi connectivity index (χ1n) is 11.4. The van der Waals surface area contributed by atoms with E-state index in [0.29, 0.717) is 27.3 Å². The number of nitrogens with two attached hydrogens (primary N) is 1. The van der Waals surface area contributed by atoms with E-state index >= 15 is 0 Å². The van der Waals surface area contributed by atoms with Gasteiger partial charge in [-0.05, 0) is 33.3 Å². The van der Waals surface area contributed by atoms with Crippen molar-refractivity contribution in [1.29, 1.82) is 5.41 Å². The number of nitrogens with one attached hydrogen (secondary N) is 1. The molecule has 2 aliphatic heterocycles. The summed E-state index contributed by atoms with van der Waals surface area (Å²) in [5, 5.41) is 21.3. The van der Waals surface area contributed by atoms with Crippen LogP contribution in [-0.2, 0) is 11.3 Å². The van der Waals surface area contributed by atoms with Gasteiger partial charge >= 0.3 is 0 Å². The van der Waals surface area contributed by atoms with Gasteiger partial charge in [-0.2, -0.15) is 15.3 Å². The largest absolute Gasteiger partial charge is 0.364 e. The van der Waals surface area contributed by atoms with Crippen LogP contribution in [0.1, 0.15) is 16.9 Å². The third-order valence-electron chi connectivity index (χ3n) is 6.28. The first kappa shape index (κ1) is 26.0. The first-order valence-corrected chi connectivity index (χ1v) is 14.3. The van der Waals surface area contributed by atoms with E-state index in [-0.39, 0.29) is 30.9 Å². The molecule has 2 atom stereocenters. The maximum Gasteiger partial charge on any atom is 0.269 e. The van der Waals surface area contributed by atoms with E-state index in [1.807, 2.05) is 14.2 Å². The summed E-state index contributed by atoms with van der Waals surface area (Å²) in [5.74, 6) is -1.16. The molecule has 2 aromatic heterocycles. The molecule has 0 radical (unpaired) electrons. The quantitative estimate of drug-likeness (QED) is 0.230. The molecule has 13 heteroatoms. The van der Waals surface area contributed by atoms with Gasteiger partial charge < -0.3 is 10.6 Å². The third-order valence-corrected chi connectivity index (χ3v) is 8.74. The van der Waals surface area contributed by atoms with E-state index in [1.165, 1.54) is 9.58 Å². The number of amides is 2. The van der Waals surface area contributed by atoms with E-state index in [1.54, 1.807) is 30.6 Å². The Morgan fingerprint density at radius 3 is 2.79 bits per heavy atom. The highest BCUT2D eigenvalue weighted by molar-refractivity contribution is 14.2. The lowest BCUT2D eigenvalue weighted by Crippen LogP contribution is -2.41. The Balaban J connectivity index is 1.42. The summed E-state index contributed by atoms with van der Waals surface area (Å²) in [6.07, 6.45) is 1.90. The lowest BCUT2D eigenvalue weighted by molar-refractivity contribution is -0.132. The molecule has 5 rings (SSSR count). The molecule has 38 heavy (non-hydrogen) atoms. The Kier molecular flexibility index (Phi) is 7.25. The van der Waals surface area contributed by atoms with Crippen molar-refractivity contribution in [3.63, 3.8) is 0 Å². The van der Waals surface area contributed by atoms with Crippen molar-refractivity contribution in [2.75, 3.05) is 6.54 Å². The normalized spacial score (nSPS) is 19.1. The minimum atomic E-state index is -1.27. The van der Waals surface area contributed by atoms with Gasteiger partial charge in [0.1, 0.15) is 17.9 Å². The number of likely N-dealkylation sites (tertiary alicyclic amines) is 1. The number of alkyl halides is 1. The SMILES string of the molecule is C=C(C(=N)C1=NC(Cl)=CI=C1)C1CC(F)CN1C(=O)Cn1nc(C(N)=O)c2cc(-c3ccnnc3)ccc21. The second-order valence-electron chi connectivity index (χ2n) is 8.69. The van der Waals surface area contributed by atoms with Gasteiger partial charge in [-0.3, -0.25) is 19.7 Å². The number of fused-ring (bicyclic) bond motifs is 1. The van der Waals surface area contributed by atoms with Crippen LogP contribution in [-0.4, -0.2) is 70.9 Å². The summed E-state index contributed by atoms with van der Waals surface area (Å²) in [7, 11) is 0. The van der Waals surface area contributed by atoms with Crippen LogP contribution in [0.15, 0.2) is 63.0 Å². The molecule has 1 aromatic carbocycles. The molecule has 2 unspecified atom stereocenters. The number of hydrogen-bond donors (Lipinski definition) is 2. The zero-order chi connectivity index (χ0) is 27.0. The predicted octanol–water partition coefficient (Wildman–Crippen LogP) is 3.37. The molecular formula is C25H21ClFIN8O2. The molecule has 0 bridgehead atoms. The van der Waals surface area contributed by atoms with Crippen LogP contribution in [0.2, 0.25) is 0 Å². The predicted molar refractivity (Wildman–Crippen MR) is 153 cm³/mol. The third kappa shape index (κ3) is 5.05. The maximum absolute atomic E-state index is 14.6. The van der Waals surface area contributed by atoms with E-state index in [4.69, 9.17) is 22.7 Å². The Morgan fingerprint density at radius 2 is 2.08 bits per heavy atom. The highest BCUT2D eigenvalue weighted by Gasteiger charge is 2.38. The number of rotatable bonds is 7. The fourth-order valence-electron chi connectivity index (χ4n) is 4.48. The van der Waals surface area contributed by atoms with Crippen molar-refractivity contribution < 1.29 is 14.0 Å². The van der Waals surface area contributed by atoms with Gasteiger partial charge in [-0.15, -0.1) is 0 Å². The van der Waals surface area contributed by atoms with Gasteiger partial charge in [0.15, 0.2) is 5.69 Å². The van der Waals surface area contributed by atoms with Crippen LogP contribution >= 0.6 is 32.3 Å². The Bertz CT molecular complexity index is 1580. The van der Waals surface area contributed by atoms with Crippen molar-refractivity contribution in [3.05, 3.63) is 63.7 Å². The van der Waals surface area contributed by atoms with E-state index in [9.17, 15) is 14.0 Å². The monoisotopic (exact) mass is 646 g/mol. The van der Waals surface area contributed by atoms with E-state index in [2.05, 4.69) is 26.9 Å². The number of aliphatic imine (C=N–C) groups is 1. The molecule has 1 fully saturated rings. The zero-order valence-electron chi connectivity index (χ0n) is 19.8. The van der Waals surface area contributed by atoms with Crippen LogP contribution < -0.4 is 5.73 Å². The first-order chi connectivity index (χ1) is 18.2. The van der Waals surface area contributed by atoms with Crippen molar-refractivity contribution in [1.82, 2.24) is 24.9 Å². The average molecular weight is 647 g/mol. The number of carbonyl (C=O) groups excluding carboxylic acids is 2. The van der Waals surface area contributed by atoms with Gasteiger partial charge in [0.05, 0.1) is 41.9 Å². The summed E-state index contributed by atoms with van der Waals surface area (Å²) in [5.41, 5.74) is 8.40. The van der Waals surface area contributed by atoms with Crippen molar-refractivity contribution >= 4 is 70.5 Å². The molecule has 0 spiro atoms. The molecule has 3 N–H and O–H groups in total. The lowest BCUT2D eigenvalue weighted by Gasteiger charge is -2.26. The van der Waals surface area contributed by atoms with Gasteiger partial charge in [-0.25, -0.2) is 9.38 Å². The fraction of sp³-hybridized carbons (Fsp3) is 0.200. The molecule has 2 aliphatic rings. The average Bonchev–Trinajstić information content (AvgIpc) is 3.48. The second kappa shape index (κ2) is 10.6. The number of carbonyl (C=O) groups is 2. The Morgan fingerprint density at radius 1 is 1.26 bits per heavy atom. The lowest BCUT2D eigenvalue weighted by atomic mass is 9.98. The molecule has 10 nitrogen and oxygen atoms in total. The molecule has 3 aromatic rings. The molecule has 1 saturated heterocycles. The standard InChI is InChI=1S/C25H21ClFIN8O2/c1-13(23(29)18-8-28-9-21(26)33-18)20-7-16(27)11-35(20)22(37)12-36-19-3-2-14(15-4-5-31-32-10-15)6-17(19)24(34-36)25(30)38/h2-6,8-10,16,20,29H,1,7,11-12H2,(H2,30,38). The number of aromatic nitrogens is 4. The van der Waals surface area contributed by atoms with Crippen molar-refractivity contribution in [2.45, 2.75) is 25.2 Å². The molecular weight excluding hydrogens is 626 g/mol.